The van der Waals surface area contributed by atoms with Crippen molar-refractivity contribution >= 4 is 11.6 Å². The molecular weight excluding hydrogens is 536 g/mol. The largest absolute Gasteiger partial charge is 0.360 e. The molecule has 222 valence electrons. The van der Waals surface area contributed by atoms with Crippen LogP contribution in [-0.2, 0) is 11.3 Å². The van der Waals surface area contributed by atoms with Crippen molar-refractivity contribution in [3.05, 3.63) is 136 Å². The zero-order valence-corrected chi connectivity index (χ0v) is 25.0. The molecule has 2 aromatic rings. The predicted molar refractivity (Wildman–Crippen MR) is 173 cm³/mol. The number of dihydropyridines is 1. The fraction of sp³-hybridized carbons (Fsp3) is 0.314. The first kappa shape index (κ1) is 29.9. The molecular formula is C35H40N6O2. The van der Waals surface area contributed by atoms with Gasteiger partial charge in [0.1, 0.15) is 12.0 Å². The van der Waals surface area contributed by atoms with Gasteiger partial charge in [-0.15, -0.1) is 4.91 Å². The molecule has 8 nitrogen and oxygen atoms in total. The summed E-state index contributed by atoms with van der Waals surface area (Å²) >= 11 is 0. The van der Waals surface area contributed by atoms with Gasteiger partial charge in [0.2, 0.25) is 0 Å². The lowest BCUT2D eigenvalue weighted by molar-refractivity contribution is -0.117. The summed E-state index contributed by atoms with van der Waals surface area (Å²) in [5.41, 5.74) is 5.45. The third kappa shape index (κ3) is 7.27. The minimum Gasteiger partial charge on any atom is -0.360 e. The van der Waals surface area contributed by atoms with Gasteiger partial charge in [-0.1, -0.05) is 98.0 Å². The number of amides is 1. The highest BCUT2D eigenvalue weighted by Crippen LogP contribution is 2.32. The maximum absolute atomic E-state index is 14.1. The van der Waals surface area contributed by atoms with Gasteiger partial charge in [-0.3, -0.25) is 14.7 Å². The molecule has 2 heterocycles. The van der Waals surface area contributed by atoms with Gasteiger partial charge < -0.3 is 15.1 Å². The van der Waals surface area contributed by atoms with Crippen LogP contribution < -0.4 is 5.32 Å². The third-order valence-electron chi connectivity index (χ3n) is 8.02. The Morgan fingerprint density at radius 2 is 1.74 bits per heavy atom. The van der Waals surface area contributed by atoms with Crippen molar-refractivity contribution in [3.63, 3.8) is 0 Å². The lowest BCUT2D eigenvalue weighted by atomic mass is 9.85. The van der Waals surface area contributed by atoms with Crippen molar-refractivity contribution in [2.45, 2.75) is 25.9 Å². The van der Waals surface area contributed by atoms with Gasteiger partial charge in [-0.05, 0) is 22.7 Å². The number of carbonyl (C=O) groups is 1. The van der Waals surface area contributed by atoms with E-state index in [-0.39, 0.29) is 11.9 Å². The Labute approximate surface area is 254 Å². The van der Waals surface area contributed by atoms with Crippen molar-refractivity contribution in [2.75, 3.05) is 46.3 Å². The second-order valence-electron chi connectivity index (χ2n) is 11.0. The molecule has 0 aromatic heterocycles. The summed E-state index contributed by atoms with van der Waals surface area (Å²) in [5.74, 6) is 0.759. The topological polar surface area (TPSA) is 80.6 Å². The van der Waals surface area contributed by atoms with Crippen LogP contribution in [0.2, 0.25) is 0 Å². The van der Waals surface area contributed by atoms with Crippen LogP contribution in [0.15, 0.2) is 130 Å². The van der Waals surface area contributed by atoms with Crippen LogP contribution in [0.5, 0.6) is 0 Å². The molecule has 1 aliphatic carbocycles. The molecule has 5 rings (SSSR count). The molecule has 0 bridgehead atoms. The monoisotopic (exact) mass is 576 g/mol. The fourth-order valence-corrected chi connectivity index (χ4v) is 5.86. The van der Waals surface area contributed by atoms with E-state index in [0.717, 1.165) is 73.0 Å². The van der Waals surface area contributed by atoms with Crippen LogP contribution in [0.25, 0.3) is 0 Å². The van der Waals surface area contributed by atoms with Crippen LogP contribution in [0.4, 0.5) is 0 Å². The number of benzene rings is 2. The van der Waals surface area contributed by atoms with Gasteiger partial charge in [0.25, 0.3) is 5.91 Å². The Kier molecular flexibility index (Phi) is 10.1. The normalized spacial score (nSPS) is 18.9. The van der Waals surface area contributed by atoms with Gasteiger partial charge >= 0.3 is 0 Å². The van der Waals surface area contributed by atoms with E-state index >= 15 is 0 Å². The van der Waals surface area contributed by atoms with Crippen LogP contribution in [-0.4, -0.2) is 78.7 Å². The summed E-state index contributed by atoms with van der Waals surface area (Å²) in [4.78, 5) is 37.2. The number of carbonyl (C=O) groups excluding carboxylic acids is 1. The Balaban J connectivity index is 1.47. The molecule has 8 heteroatoms. The average molecular weight is 577 g/mol. The van der Waals surface area contributed by atoms with E-state index in [1.807, 2.05) is 79.9 Å². The molecule has 1 fully saturated rings. The molecule has 2 aromatic carbocycles. The minimum absolute atomic E-state index is 0.0933. The van der Waals surface area contributed by atoms with E-state index in [4.69, 9.17) is 4.99 Å². The quantitative estimate of drug-likeness (QED) is 0.379. The first-order valence-electron chi connectivity index (χ1n) is 15.0. The number of hydrogen-bond donors (Lipinski definition) is 1. The van der Waals surface area contributed by atoms with Crippen LogP contribution in [0.3, 0.4) is 0 Å². The second-order valence-corrected chi connectivity index (χ2v) is 11.0. The number of nitrogens with zero attached hydrogens (tertiary/aromatic N) is 5. The van der Waals surface area contributed by atoms with Gasteiger partial charge in [-0.25, -0.2) is 0 Å². The highest BCUT2D eigenvalue weighted by molar-refractivity contribution is 6.19. The number of rotatable bonds is 11. The van der Waals surface area contributed by atoms with Crippen molar-refractivity contribution in [1.29, 1.82) is 0 Å². The number of nitrogens with one attached hydrogen (secondary N) is 1. The molecule has 43 heavy (non-hydrogen) atoms. The van der Waals surface area contributed by atoms with Crippen molar-refractivity contribution in [3.8, 4) is 0 Å². The van der Waals surface area contributed by atoms with Gasteiger partial charge in [0.05, 0.1) is 17.3 Å². The highest BCUT2D eigenvalue weighted by Gasteiger charge is 2.33. The van der Waals surface area contributed by atoms with E-state index in [2.05, 4.69) is 50.3 Å². The molecule has 3 aliphatic rings. The average Bonchev–Trinajstić information content (AvgIpc) is 3.29. The fourth-order valence-electron chi connectivity index (χ4n) is 5.86. The smallest absolute Gasteiger partial charge is 0.252 e. The zero-order valence-electron chi connectivity index (χ0n) is 25.0. The van der Waals surface area contributed by atoms with E-state index in [0.29, 0.717) is 18.7 Å². The van der Waals surface area contributed by atoms with Crippen LogP contribution in [0, 0.1) is 4.91 Å². The Hall–Kier alpha value is -4.56. The highest BCUT2D eigenvalue weighted by atomic mass is 16.2. The van der Waals surface area contributed by atoms with E-state index in [1.54, 1.807) is 0 Å². The maximum atomic E-state index is 14.1. The summed E-state index contributed by atoms with van der Waals surface area (Å²) in [6.45, 7) is 7.08. The molecule has 1 N–H and O–H groups in total. The molecule has 1 amide bonds. The maximum Gasteiger partial charge on any atom is 0.252 e. The standard InChI is InChI=1S/C35H40N6O2/c1-3-19-39(2)32(25-37-43)41-22-20-40(21-23-41)26-30-33(35(42)36-24-27-13-7-4-8-14-27)29-17-11-6-12-18-31(29)38-34(30)28-15-9-5-10-16-28/h4-18,25,31H,3,19-24,26H2,1-2H3,(H,36,42)/b32-25+. The van der Waals surface area contributed by atoms with Crippen LogP contribution >= 0.6 is 0 Å². The molecule has 0 spiro atoms. The van der Waals surface area contributed by atoms with Gasteiger partial charge in [0.15, 0.2) is 0 Å². The number of allylic oxidation sites excluding steroid dienone is 4. The summed E-state index contributed by atoms with van der Waals surface area (Å²) in [6, 6.07) is 19.9. The second kappa shape index (κ2) is 14.6. The number of hydrogen-bond acceptors (Lipinski definition) is 7. The molecule has 2 aliphatic heterocycles. The zero-order chi connectivity index (χ0) is 30.0. The Morgan fingerprint density at radius 1 is 1.02 bits per heavy atom. The van der Waals surface area contributed by atoms with Gasteiger partial charge in [0, 0.05) is 64.0 Å². The summed E-state index contributed by atoms with van der Waals surface area (Å²) < 4.78 is 0. The number of piperazine rings is 1. The molecule has 1 atom stereocenters. The van der Waals surface area contributed by atoms with E-state index in [1.165, 1.54) is 6.20 Å². The lowest BCUT2D eigenvalue weighted by Crippen LogP contribution is -2.49. The summed E-state index contributed by atoms with van der Waals surface area (Å²) in [5, 5.41) is 6.29. The van der Waals surface area contributed by atoms with Crippen LogP contribution in [0.1, 0.15) is 24.5 Å². The molecule has 0 saturated carbocycles. The Bertz CT molecular complexity index is 1460. The third-order valence-corrected chi connectivity index (χ3v) is 8.02. The van der Waals surface area contributed by atoms with E-state index < -0.39 is 0 Å². The lowest BCUT2D eigenvalue weighted by Gasteiger charge is -2.40. The summed E-state index contributed by atoms with van der Waals surface area (Å²) in [6.07, 6.45) is 12.5. The van der Waals surface area contributed by atoms with Crippen molar-refractivity contribution in [2.24, 2.45) is 10.2 Å². The SMILES string of the molecule is CCCN(C)/C(=C\N=O)N1CCN(CC2=C(C(=O)NCc3ccccc3)C3=CC=CC=CC3N=C2c2ccccc2)CC1. The van der Waals surface area contributed by atoms with E-state index in [9.17, 15) is 9.70 Å². The minimum atomic E-state index is -0.249. The molecule has 1 saturated heterocycles. The summed E-state index contributed by atoms with van der Waals surface area (Å²) in [7, 11) is 2.00. The van der Waals surface area contributed by atoms with Gasteiger partial charge in [-0.2, -0.15) is 0 Å². The molecule has 1 unspecified atom stereocenters. The first-order valence-corrected chi connectivity index (χ1v) is 15.0. The predicted octanol–water partition coefficient (Wildman–Crippen LogP) is 5.05. The number of fused-ring (bicyclic) bond motifs is 1. The van der Waals surface area contributed by atoms with Crippen molar-refractivity contribution < 1.29 is 4.79 Å². The number of nitroso groups, excluding NO2 is 1. The number of aliphatic imine (C=N–C) groups is 1. The Morgan fingerprint density at radius 3 is 2.44 bits per heavy atom. The van der Waals surface area contributed by atoms with Crippen molar-refractivity contribution in [1.82, 2.24) is 20.0 Å². The first-order chi connectivity index (χ1) is 21.1. The molecule has 0 radical (unpaired) electrons.